The zero-order chi connectivity index (χ0) is 15.5. The standard InChI is InChI=1S/C17H24O4/c1-3-5-11-20-15-9-7-14(8-10-17(18)19)13-16(15)21-12-6-4-2/h7-10,13H,3-6,11-12H2,1-2H3,(H,18,19)/b10-8+. The van der Waals surface area contributed by atoms with Crippen LogP contribution in [0.25, 0.3) is 6.08 Å². The van der Waals surface area contributed by atoms with E-state index in [9.17, 15) is 4.79 Å². The van der Waals surface area contributed by atoms with Gasteiger partial charge in [0.1, 0.15) is 0 Å². The van der Waals surface area contributed by atoms with E-state index in [2.05, 4.69) is 13.8 Å². The SMILES string of the molecule is CCCCOc1ccc(/C=C/C(=O)O)cc1OCCCC. The summed E-state index contributed by atoms with van der Waals surface area (Å²) in [5.74, 6) is 0.422. The minimum atomic E-state index is -0.966. The maximum atomic E-state index is 10.6. The number of rotatable bonds is 10. The average Bonchev–Trinajstić information content (AvgIpc) is 2.47. The maximum Gasteiger partial charge on any atom is 0.328 e. The van der Waals surface area contributed by atoms with Crippen molar-refractivity contribution in [2.75, 3.05) is 13.2 Å². The molecule has 0 aliphatic heterocycles. The highest BCUT2D eigenvalue weighted by Crippen LogP contribution is 2.29. The molecule has 0 amide bonds. The molecule has 0 saturated carbocycles. The summed E-state index contributed by atoms with van der Waals surface area (Å²) in [6.07, 6.45) is 6.77. The molecule has 0 fully saturated rings. The Morgan fingerprint density at radius 2 is 1.71 bits per heavy atom. The van der Waals surface area contributed by atoms with Crippen molar-refractivity contribution in [1.29, 1.82) is 0 Å². The first kappa shape index (κ1) is 17.1. The van der Waals surface area contributed by atoms with Crippen LogP contribution in [0.4, 0.5) is 0 Å². The molecule has 0 saturated heterocycles. The average molecular weight is 292 g/mol. The molecule has 0 aliphatic carbocycles. The second-order valence-corrected chi connectivity index (χ2v) is 4.78. The predicted molar refractivity (Wildman–Crippen MR) is 83.9 cm³/mol. The highest BCUT2D eigenvalue weighted by atomic mass is 16.5. The zero-order valence-electron chi connectivity index (χ0n) is 12.8. The van der Waals surface area contributed by atoms with Crippen LogP contribution in [0.3, 0.4) is 0 Å². The number of unbranched alkanes of at least 4 members (excludes halogenated alkanes) is 2. The van der Waals surface area contributed by atoms with Gasteiger partial charge in [-0.2, -0.15) is 0 Å². The number of hydrogen-bond donors (Lipinski definition) is 1. The predicted octanol–water partition coefficient (Wildman–Crippen LogP) is 4.14. The van der Waals surface area contributed by atoms with E-state index in [1.54, 1.807) is 6.08 Å². The fraction of sp³-hybridized carbons (Fsp3) is 0.471. The lowest BCUT2D eigenvalue weighted by Gasteiger charge is -2.13. The summed E-state index contributed by atoms with van der Waals surface area (Å²) in [6, 6.07) is 5.47. The Morgan fingerprint density at radius 1 is 1.10 bits per heavy atom. The second-order valence-electron chi connectivity index (χ2n) is 4.78. The number of aliphatic carboxylic acids is 1. The van der Waals surface area contributed by atoms with Crippen LogP contribution in [0, 0.1) is 0 Å². The molecule has 0 atom stereocenters. The molecule has 1 aromatic rings. The van der Waals surface area contributed by atoms with Crippen LogP contribution in [-0.2, 0) is 4.79 Å². The molecule has 0 aromatic heterocycles. The highest BCUT2D eigenvalue weighted by molar-refractivity contribution is 5.85. The molecule has 0 unspecified atom stereocenters. The summed E-state index contributed by atoms with van der Waals surface area (Å²) in [5, 5.41) is 8.67. The molecule has 0 aliphatic rings. The van der Waals surface area contributed by atoms with Crippen molar-refractivity contribution in [2.24, 2.45) is 0 Å². The summed E-state index contributed by atoms with van der Waals surface area (Å²) in [6.45, 7) is 5.51. The Morgan fingerprint density at radius 3 is 2.29 bits per heavy atom. The fourth-order valence-electron chi connectivity index (χ4n) is 1.68. The van der Waals surface area contributed by atoms with E-state index in [0.29, 0.717) is 24.7 Å². The van der Waals surface area contributed by atoms with Crippen LogP contribution < -0.4 is 9.47 Å². The summed E-state index contributed by atoms with van der Waals surface area (Å²) in [4.78, 5) is 10.6. The van der Waals surface area contributed by atoms with Gasteiger partial charge in [0.05, 0.1) is 13.2 Å². The molecular weight excluding hydrogens is 268 g/mol. The van der Waals surface area contributed by atoms with Gasteiger partial charge < -0.3 is 14.6 Å². The van der Waals surface area contributed by atoms with Gasteiger partial charge in [0.2, 0.25) is 0 Å². The number of hydrogen-bond acceptors (Lipinski definition) is 3. The Labute approximate surface area is 126 Å². The lowest BCUT2D eigenvalue weighted by Crippen LogP contribution is -2.02. The van der Waals surface area contributed by atoms with Gasteiger partial charge in [-0.25, -0.2) is 4.79 Å². The number of carbonyl (C=O) groups is 1. The van der Waals surface area contributed by atoms with E-state index in [1.807, 2.05) is 18.2 Å². The van der Waals surface area contributed by atoms with Crippen molar-refractivity contribution in [1.82, 2.24) is 0 Å². The van der Waals surface area contributed by atoms with Gasteiger partial charge in [-0.15, -0.1) is 0 Å². The molecule has 1 aromatic carbocycles. The monoisotopic (exact) mass is 292 g/mol. The minimum absolute atomic E-state index is 0.632. The molecule has 0 heterocycles. The van der Waals surface area contributed by atoms with Gasteiger partial charge in [-0.05, 0) is 36.6 Å². The summed E-state index contributed by atoms with van der Waals surface area (Å²) in [7, 11) is 0. The van der Waals surface area contributed by atoms with E-state index in [-0.39, 0.29) is 0 Å². The number of ether oxygens (including phenoxy) is 2. The van der Waals surface area contributed by atoms with Crippen molar-refractivity contribution in [2.45, 2.75) is 39.5 Å². The molecular formula is C17H24O4. The Hall–Kier alpha value is -1.97. The van der Waals surface area contributed by atoms with Crippen molar-refractivity contribution in [3.8, 4) is 11.5 Å². The van der Waals surface area contributed by atoms with Crippen LogP contribution in [0.2, 0.25) is 0 Å². The summed E-state index contributed by atoms with van der Waals surface area (Å²) in [5.41, 5.74) is 0.784. The second kappa shape index (κ2) is 9.86. The number of carboxylic acids is 1. The molecule has 21 heavy (non-hydrogen) atoms. The van der Waals surface area contributed by atoms with E-state index in [4.69, 9.17) is 14.6 Å². The normalized spacial score (nSPS) is 10.8. The maximum absolute atomic E-state index is 10.6. The van der Waals surface area contributed by atoms with Crippen molar-refractivity contribution < 1.29 is 19.4 Å². The first-order valence-electron chi connectivity index (χ1n) is 7.48. The van der Waals surface area contributed by atoms with E-state index in [0.717, 1.165) is 37.3 Å². The van der Waals surface area contributed by atoms with Crippen LogP contribution in [-0.4, -0.2) is 24.3 Å². The van der Waals surface area contributed by atoms with Gasteiger partial charge >= 0.3 is 5.97 Å². The third-order valence-electron chi connectivity index (χ3n) is 2.90. The van der Waals surface area contributed by atoms with Gasteiger partial charge in [-0.1, -0.05) is 32.8 Å². The van der Waals surface area contributed by atoms with E-state index >= 15 is 0 Å². The Kier molecular flexibility index (Phi) is 8.02. The first-order valence-corrected chi connectivity index (χ1v) is 7.48. The first-order chi connectivity index (χ1) is 10.2. The minimum Gasteiger partial charge on any atom is -0.490 e. The zero-order valence-corrected chi connectivity index (χ0v) is 12.8. The summed E-state index contributed by atoms with van der Waals surface area (Å²) >= 11 is 0. The molecule has 1 N–H and O–H groups in total. The van der Waals surface area contributed by atoms with Crippen LogP contribution >= 0.6 is 0 Å². The molecule has 0 radical (unpaired) electrons. The number of carboxylic acid groups (broad SMARTS) is 1. The third kappa shape index (κ3) is 6.84. The molecule has 4 nitrogen and oxygen atoms in total. The van der Waals surface area contributed by atoms with Gasteiger partial charge in [0.25, 0.3) is 0 Å². The molecule has 1 rings (SSSR count). The largest absolute Gasteiger partial charge is 0.490 e. The van der Waals surface area contributed by atoms with Crippen LogP contribution in [0.1, 0.15) is 45.1 Å². The Bertz CT molecular complexity index is 466. The van der Waals surface area contributed by atoms with Crippen molar-refractivity contribution >= 4 is 12.0 Å². The molecule has 116 valence electrons. The molecule has 4 heteroatoms. The van der Waals surface area contributed by atoms with Crippen LogP contribution in [0.15, 0.2) is 24.3 Å². The quantitative estimate of drug-likeness (QED) is 0.520. The summed E-state index contributed by atoms with van der Waals surface area (Å²) < 4.78 is 11.5. The Balaban J connectivity index is 2.82. The lowest BCUT2D eigenvalue weighted by molar-refractivity contribution is -0.131. The van der Waals surface area contributed by atoms with Crippen molar-refractivity contribution in [3.05, 3.63) is 29.8 Å². The molecule has 0 bridgehead atoms. The van der Waals surface area contributed by atoms with Crippen LogP contribution in [0.5, 0.6) is 11.5 Å². The van der Waals surface area contributed by atoms with Crippen molar-refractivity contribution in [3.63, 3.8) is 0 Å². The smallest absolute Gasteiger partial charge is 0.328 e. The van der Waals surface area contributed by atoms with E-state index < -0.39 is 5.97 Å². The molecule has 0 spiro atoms. The highest BCUT2D eigenvalue weighted by Gasteiger charge is 2.06. The topological polar surface area (TPSA) is 55.8 Å². The van der Waals surface area contributed by atoms with E-state index in [1.165, 1.54) is 0 Å². The van der Waals surface area contributed by atoms with Gasteiger partial charge in [0.15, 0.2) is 11.5 Å². The van der Waals surface area contributed by atoms with Gasteiger partial charge in [0, 0.05) is 6.08 Å². The third-order valence-corrected chi connectivity index (χ3v) is 2.90. The fourth-order valence-corrected chi connectivity index (χ4v) is 1.68. The van der Waals surface area contributed by atoms with Gasteiger partial charge in [-0.3, -0.25) is 0 Å². The number of benzene rings is 1. The lowest BCUT2D eigenvalue weighted by atomic mass is 10.2.